The highest BCUT2D eigenvalue weighted by atomic mass is 28.4. The minimum Gasteiger partial charge on any atom is -0.320 e. The van der Waals surface area contributed by atoms with Crippen LogP contribution in [0.3, 0.4) is 0 Å². The van der Waals surface area contributed by atoms with Gasteiger partial charge in [-0.15, -0.1) is 0 Å². The third kappa shape index (κ3) is 4.68. The molecule has 4 heteroatoms. The van der Waals surface area contributed by atoms with Gasteiger partial charge in [0.1, 0.15) is 17.9 Å². The van der Waals surface area contributed by atoms with Gasteiger partial charge in [0, 0.05) is 23.2 Å². The summed E-state index contributed by atoms with van der Waals surface area (Å²) in [5, 5.41) is 0. The zero-order valence-electron chi connectivity index (χ0n) is 17.0. The van der Waals surface area contributed by atoms with E-state index in [1.165, 1.54) is 12.8 Å². The monoisotopic (exact) mass is 342 g/mol. The molecule has 0 spiro atoms. The Morgan fingerprint density at radius 3 is 1.18 bits per heavy atom. The Morgan fingerprint density at radius 2 is 1.00 bits per heavy atom. The summed E-state index contributed by atoms with van der Waals surface area (Å²) >= 11 is 0. The van der Waals surface area contributed by atoms with Crippen molar-refractivity contribution in [3.05, 3.63) is 0 Å². The second kappa shape index (κ2) is 7.50. The van der Waals surface area contributed by atoms with Crippen LogP contribution in [-0.4, -0.2) is 50.2 Å². The standard InChI is InChI=1S/C18H42N2Si2/c1-11-15(3)19(17(5,6)7)21-13-22(14-21)20(16(4)12-2)18(8,9)10/h15-16,21-22H,11-14H2,1-10H3. The first-order chi connectivity index (χ1) is 9.93. The van der Waals surface area contributed by atoms with Gasteiger partial charge in [-0.25, -0.2) is 0 Å². The van der Waals surface area contributed by atoms with Gasteiger partial charge in [0.05, 0.1) is 0 Å². The molecule has 0 aromatic heterocycles. The van der Waals surface area contributed by atoms with Gasteiger partial charge in [0.15, 0.2) is 0 Å². The number of hydrogen-bond acceptors (Lipinski definition) is 2. The SMILES string of the molecule is CCC(C)N([SiH]1C[SiH](N(C(C)CC)C(C)(C)C)C1)C(C)(C)C. The largest absolute Gasteiger partial charge is 0.320 e. The first kappa shape index (κ1) is 20.4. The van der Waals surface area contributed by atoms with Crippen molar-refractivity contribution in [3.63, 3.8) is 0 Å². The third-order valence-electron chi connectivity index (χ3n) is 5.56. The van der Waals surface area contributed by atoms with E-state index in [-0.39, 0.29) is 0 Å². The summed E-state index contributed by atoms with van der Waals surface area (Å²) in [6.45, 7) is 24.2. The Kier molecular flexibility index (Phi) is 6.95. The van der Waals surface area contributed by atoms with Crippen molar-refractivity contribution in [2.24, 2.45) is 0 Å². The molecule has 0 amide bonds. The van der Waals surface area contributed by atoms with Crippen molar-refractivity contribution in [1.82, 2.24) is 9.13 Å². The molecule has 1 saturated heterocycles. The molecule has 0 radical (unpaired) electrons. The second-order valence-electron chi connectivity index (χ2n) is 9.45. The highest BCUT2D eigenvalue weighted by Gasteiger charge is 2.47. The minimum absolute atomic E-state index is 0.356. The van der Waals surface area contributed by atoms with Gasteiger partial charge in [-0.05, 0) is 65.7 Å². The topological polar surface area (TPSA) is 6.48 Å². The fraction of sp³-hybridized carbons (Fsp3) is 1.00. The lowest BCUT2D eigenvalue weighted by Crippen LogP contribution is -2.68. The Bertz CT molecular complexity index is 308. The fourth-order valence-corrected chi connectivity index (χ4v) is 16.7. The summed E-state index contributed by atoms with van der Waals surface area (Å²) in [4.78, 5) is 0. The summed E-state index contributed by atoms with van der Waals surface area (Å²) in [5.41, 5.74) is 3.94. The molecule has 0 bridgehead atoms. The van der Waals surface area contributed by atoms with Crippen LogP contribution >= 0.6 is 0 Å². The lowest BCUT2D eigenvalue weighted by Gasteiger charge is -2.56. The van der Waals surface area contributed by atoms with Gasteiger partial charge in [-0.1, -0.05) is 27.7 Å². The van der Waals surface area contributed by atoms with Crippen LogP contribution in [0.1, 0.15) is 82.1 Å². The lowest BCUT2D eigenvalue weighted by atomic mass is 10.1. The molecule has 2 nitrogen and oxygen atoms in total. The van der Waals surface area contributed by atoms with Crippen LogP contribution in [0.15, 0.2) is 0 Å². The molecule has 1 rings (SSSR count). The Morgan fingerprint density at radius 1 is 0.727 bits per heavy atom. The molecule has 1 aliphatic heterocycles. The van der Waals surface area contributed by atoms with Crippen molar-refractivity contribution in [1.29, 1.82) is 0 Å². The summed E-state index contributed by atoms with van der Waals surface area (Å²) < 4.78 is 5.90. The van der Waals surface area contributed by atoms with Gasteiger partial charge in [-0.3, -0.25) is 0 Å². The van der Waals surface area contributed by atoms with Crippen molar-refractivity contribution in [3.8, 4) is 0 Å². The van der Waals surface area contributed by atoms with Crippen molar-refractivity contribution < 1.29 is 0 Å². The molecule has 2 atom stereocenters. The van der Waals surface area contributed by atoms with E-state index < -0.39 is 17.9 Å². The maximum Gasteiger partial charge on any atom is 0.109 e. The molecule has 1 fully saturated rings. The van der Waals surface area contributed by atoms with E-state index in [0.29, 0.717) is 11.1 Å². The molecule has 0 aromatic carbocycles. The van der Waals surface area contributed by atoms with E-state index in [0.717, 1.165) is 12.1 Å². The average Bonchev–Trinajstić information content (AvgIpc) is 2.31. The zero-order chi connectivity index (χ0) is 17.3. The maximum atomic E-state index is 2.95. The number of rotatable bonds is 6. The first-order valence-corrected chi connectivity index (χ1v) is 13.8. The lowest BCUT2D eigenvalue weighted by molar-refractivity contribution is 0.177. The van der Waals surface area contributed by atoms with E-state index >= 15 is 0 Å². The molecule has 1 aliphatic rings. The predicted molar refractivity (Wildman–Crippen MR) is 107 cm³/mol. The van der Waals surface area contributed by atoms with Crippen LogP contribution in [0.25, 0.3) is 0 Å². The summed E-state index contributed by atoms with van der Waals surface area (Å²) in [6.07, 6.45) is 2.59. The molecule has 132 valence electrons. The quantitative estimate of drug-likeness (QED) is 0.663. The van der Waals surface area contributed by atoms with Gasteiger partial charge >= 0.3 is 0 Å². The third-order valence-corrected chi connectivity index (χ3v) is 18.4. The summed E-state index contributed by atoms with van der Waals surface area (Å²) in [7, 11) is -1.40. The maximum absolute atomic E-state index is 2.95. The van der Waals surface area contributed by atoms with E-state index in [9.17, 15) is 0 Å². The highest BCUT2D eigenvalue weighted by molar-refractivity contribution is 6.92. The molecule has 1 heterocycles. The average molecular weight is 343 g/mol. The van der Waals surface area contributed by atoms with Gasteiger partial charge in [0.25, 0.3) is 0 Å². The number of nitrogens with zero attached hydrogens (tertiary/aromatic N) is 2. The zero-order valence-corrected chi connectivity index (χ0v) is 19.3. The van der Waals surface area contributed by atoms with Gasteiger partial charge in [0.2, 0.25) is 0 Å². The van der Waals surface area contributed by atoms with Gasteiger partial charge < -0.3 is 9.13 Å². The van der Waals surface area contributed by atoms with Crippen LogP contribution in [0.4, 0.5) is 0 Å². The van der Waals surface area contributed by atoms with Crippen molar-refractivity contribution >= 4 is 17.9 Å². The van der Waals surface area contributed by atoms with Gasteiger partial charge in [-0.2, -0.15) is 0 Å². The van der Waals surface area contributed by atoms with Crippen LogP contribution in [0.2, 0.25) is 11.3 Å². The molecular weight excluding hydrogens is 300 g/mol. The summed E-state index contributed by atoms with van der Waals surface area (Å²) in [6, 6.07) is 1.52. The molecule has 2 unspecified atom stereocenters. The normalized spacial score (nSPS) is 26.2. The Hall–Kier alpha value is 0.354. The smallest absolute Gasteiger partial charge is 0.109 e. The second-order valence-corrected chi connectivity index (χ2v) is 16.9. The van der Waals surface area contributed by atoms with Crippen LogP contribution in [-0.2, 0) is 0 Å². The molecular formula is C18H42N2Si2. The minimum atomic E-state index is -0.701. The Labute approximate surface area is 144 Å². The van der Waals surface area contributed by atoms with E-state index in [4.69, 9.17) is 0 Å². The van der Waals surface area contributed by atoms with E-state index in [2.05, 4.69) is 78.4 Å². The van der Waals surface area contributed by atoms with Crippen LogP contribution in [0, 0.1) is 0 Å². The first-order valence-electron chi connectivity index (χ1n) is 9.50. The van der Waals surface area contributed by atoms with Crippen molar-refractivity contribution in [2.45, 2.75) is 117 Å². The summed E-state index contributed by atoms with van der Waals surface area (Å²) in [5.74, 6) is 0. The predicted octanol–water partition coefficient (Wildman–Crippen LogP) is 4.32. The van der Waals surface area contributed by atoms with E-state index in [1.807, 2.05) is 0 Å². The fourth-order valence-electron chi connectivity index (χ4n) is 4.54. The molecule has 0 aromatic rings. The van der Waals surface area contributed by atoms with Crippen LogP contribution < -0.4 is 0 Å². The van der Waals surface area contributed by atoms with E-state index in [1.54, 1.807) is 11.3 Å². The van der Waals surface area contributed by atoms with Crippen molar-refractivity contribution in [2.75, 3.05) is 0 Å². The Balaban J connectivity index is 2.80. The highest BCUT2D eigenvalue weighted by Crippen LogP contribution is 2.36. The molecule has 22 heavy (non-hydrogen) atoms. The molecule has 0 aliphatic carbocycles. The van der Waals surface area contributed by atoms with Crippen LogP contribution in [0.5, 0.6) is 0 Å². The molecule has 0 N–H and O–H groups in total. The molecule has 0 saturated carbocycles. The number of hydrogen-bond donors (Lipinski definition) is 0.